The molecule has 13 heavy (non-hydrogen) atoms. The van der Waals surface area contributed by atoms with Crippen molar-refractivity contribution in [1.82, 2.24) is 4.98 Å². The van der Waals surface area contributed by atoms with Gasteiger partial charge in [-0.05, 0) is 12.1 Å². The average Bonchev–Trinajstić information content (AvgIpc) is 2.17. The zero-order chi connectivity index (χ0) is 9.90. The van der Waals surface area contributed by atoms with Crippen molar-refractivity contribution in [2.45, 2.75) is 0 Å². The zero-order valence-electron chi connectivity index (χ0n) is 7.43. The van der Waals surface area contributed by atoms with Gasteiger partial charge in [-0.1, -0.05) is 6.07 Å². The molecule has 0 atom stereocenters. The summed E-state index contributed by atoms with van der Waals surface area (Å²) in [6.07, 6.45) is 0. The molecule has 0 saturated heterocycles. The molecular weight excluding hydrogens is 191 g/mol. The van der Waals surface area contributed by atoms with Crippen molar-refractivity contribution in [3.8, 4) is 0 Å². The molecule has 72 valence electrons. The maximum absolute atomic E-state index is 11.7. The van der Waals surface area contributed by atoms with Crippen molar-refractivity contribution in [3.05, 3.63) is 18.2 Å². The van der Waals surface area contributed by atoms with Gasteiger partial charge >= 0.3 is 7.60 Å². The largest absolute Gasteiger partial charge is 0.384 e. The monoisotopic (exact) mass is 202 g/mol. The minimum absolute atomic E-state index is 0.220. The minimum atomic E-state index is -3.25. The summed E-state index contributed by atoms with van der Waals surface area (Å²) in [5.74, 6) is 0.284. The standard InChI is InChI=1S/C7H11N2O3P/c1-11-13(10,12-2)7-5-3-4-6(8)9-7/h3-5H,1-2H3,(H2,8,9). The highest BCUT2D eigenvalue weighted by Crippen LogP contribution is 2.44. The Balaban J connectivity index is 3.13. The number of nitrogens with two attached hydrogens (primary N) is 1. The number of pyridine rings is 1. The molecule has 1 aromatic rings. The third-order valence-electron chi connectivity index (χ3n) is 1.52. The fraction of sp³-hybridized carbons (Fsp3) is 0.286. The van der Waals surface area contributed by atoms with E-state index in [0.717, 1.165) is 0 Å². The summed E-state index contributed by atoms with van der Waals surface area (Å²) in [5, 5.41) is 0. The van der Waals surface area contributed by atoms with Crippen LogP contribution < -0.4 is 11.2 Å². The van der Waals surface area contributed by atoms with Crippen LogP contribution in [-0.2, 0) is 13.6 Å². The van der Waals surface area contributed by atoms with Crippen LogP contribution >= 0.6 is 7.60 Å². The fourth-order valence-corrected chi connectivity index (χ4v) is 1.88. The van der Waals surface area contributed by atoms with E-state index in [1.54, 1.807) is 18.2 Å². The first-order valence-electron chi connectivity index (χ1n) is 3.57. The van der Waals surface area contributed by atoms with Crippen molar-refractivity contribution in [2.75, 3.05) is 20.0 Å². The van der Waals surface area contributed by atoms with E-state index in [2.05, 4.69) is 4.98 Å². The van der Waals surface area contributed by atoms with Crippen LogP contribution in [0, 0.1) is 0 Å². The predicted molar refractivity (Wildman–Crippen MR) is 49.9 cm³/mol. The summed E-state index contributed by atoms with van der Waals surface area (Å²) < 4.78 is 21.2. The van der Waals surface area contributed by atoms with E-state index in [1.807, 2.05) is 0 Å². The summed E-state index contributed by atoms with van der Waals surface area (Å²) in [7, 11) is -0.650. The Morgan fingerprint density at radius 2 is 2.00 bits per heavy atom. The van der Waals surface area contributed by atoms with Crippen molar-refractivity contribution in [2.24, 2.45) is 0 Å². The Morgan fingerprint density at radius 1 is 1.38 bits per heavy atom. The number of anilines is 1. The van der Waals surface area contributed by atoms with Gasteiger partial charge in [-0.3, -0.25) is 4.57 Å². The van der Waals surface area contributed by atoms with Crippen LogP contribution in [0.3, 0.4) is 0 Å². The number of aromatic nitrogens is 1. The lowest BCUT2D eigenvalue weighted by molar-refractivity contribution is 0.286. The first-order chi connectivity index (χ1) is 6.12. The van der Waals surface area contributed by atoms with Gasteiger partial charge < -0.3 is 14.8 Å². The third kappa shape index (κ3) is 2.06. The van der Waals surface area contributed by atoms with Crippen LogP contribution in [0.2, 0.25) is 0 Å². The SMILES string of the molecule is COP(=O)(OC)c1cccc(N)n1. The van der Waals surface area contributed by atoms with Gasteiger partial charge in [0.05, 0.1) is 0 Å². The third-order valence-corrected chi connectivity index (χ3v) is 3.29. The fourth-order valence-electron chi connectivity index (χ4n) is 0.854. The van der Waals surface area contributed by atoms with Crippen LogP contribution in [0.1, 0.15) is 0 Å². The Morgan fingerprint density at radius 3 is 2.46 bits per heavy atom. The Kier molecular flexibility index (Phi) is 3.03. The first kappa shape index (κ1) is 10.2. The molecule has 0 amide bonds. The second-order valence-electron chi connectivity index (χ2n) is 2.28. The minimum Gasteiger partial charge on any atom is -0.384 e. The summed E-state index contributed by atoms with van der Waals surface area (Å²) in [4.78, 5) is 3.85. The van der Waals surface area contributed by atoms with Crippen molar-refractivity contribution >= 4 is 18.8 Å². The van der Waals surface area contributed by atoms with Gasteiger partial charge in [-0.25, -0.2) is 4.98 Å². The lowest BCUT2D eigenvalue weighted by Crippen LogP contribution is -2.13. The van der Waals surface area contributed by atoms with Gasteiger partial charge in [-0.15, -0.1) is 0 Å². The second kappa shape index (κ2) is 3.87. The Hall–Kier alpha value is -0.900. The van der Waals surface area contributed by atoms with Crippen molar-refractivity contribution in [3.63, 3.8) is 0 Å². The zero-order valence-corrected chi connectivity index (χ0v) is 8.32. The molecule has 0 saturated carbocycles. The molecule has 2 N–H and O–H groups in total. The van der Waals surface area contributed by atoms with Crippen molar-refractivity contribution in [1.29, 1.82) is 0 Å². The maximum atomic E-state index is 11.7. The molecule has 0 spiro atoms. The molecule has 6 heteroatoms. The molecule has 0 fully saturated rings. The quantitative estimate of drug-likeness (QED) is 0.733. The van der Waals surface area contributed by atoms with E-state index in [9.17, 15) is 4.57 Å². The second-order valence-corrected chi connectivity index (χ2v) is 4.47. The summed E-state index contributed by atoms with van der Waals surface area (Å²) in [6.45, 7) is 0. The van der Waals surface area contributed by atoms with Gasteiger partial charge in [0.25, 0.3) is 0 Å². The molecule has 0 aliphatic carbocycles. The Labute approximate surface area is 76.4 Å². The molecule has 0 radical (unpaired) electrons. The van der Waals surface area contributed by atoms with Gasteiger partial charge in [-0.2, -0.15) is 0 Å². The predicted octanol–water partition coefficient (Wildman–Crippen LogP) is 0.775. The number of nitrogens with zero attached hydrogens (tertiary/aromatic N) is 1. The molecule has 0 aromatic carbocycles. The van der Waals surface area contributed by atoms with E-state index in [-0.39, 0.29) is 11.3 Å². The van der Waals surface area contributed by atoms with Gasteiger partial charge in [0.2, 0.25) is 0 Å². The van der Waals surface area contributed by atoms with E-state index in [0.29, 0.717) is 0 Å². The highest BCUT2D eigenvalue weighted by Gasteiger charge is 2.25. The molecule has 1 rings (SSSR count). The van der Waals surface area contributed by atoms with Crippen LogP contribution in [-0.4, -0.2) is 19.2 Å². The molecule has 1 heterocycles. The highest BCUT2D eigenvalue weighted by atomic mass is 31.2. The molecule has 0 bridgehead atoms. The summed E-state index contributed by atoms with van der Waals surface area (Å²) in [6, 6.07) is 4.78. The van der Waals surface area contributed by atoms with Crippen LogP contribution in [0.25, 0.3) is 0 Å². The molecule has 0 aliphatic rings. The molecular formula is C7H11N2O3P. The van der Waals surface area contributed by atoms with Gasteiger partial charge in [0.15, 0.2) is 5.44 Å². The van der Waals surface area contributed by atoms with E-state index in [1.165, 1.54) is 14.2 Å². The summed E-state index contributed by atoms with van der Waals surface area (Å²) in [5.41, 5.74) is 5.64. The lowest BCUT2D eigenvalue weighted by atomic mass is 10.5. The van der Waals surface area contributed by atoms with E-state index in [4.69, 9.17) is 14.8 Å². The van der Waals surface area contributed by atoms with Crippen LogP contribution in [0.5, 0.6) is 0 Å². The maximum Gasteiger partial charge on any atom is 0.379 e. The Bertz CT molecular complexity index is 334. The van der Waals surface area contributed by atoms with E-state index < -0.39 is 7.60 Å². The van der Waals surface area contributed by atoms with E-state index >= 15 is 0 Å². The molecule has 0 unspecified atom stereocenters. The lowest BCUT2D eigenvalue weighted by Gasteiger charge is -2.12. The van der Waals surface area contributed by atoms with Crippen molar-refractivity contribution < 1.29 is 13.6 Å². The van der Waals surface area contributed by atoms with Gasteiger partial charge in [0, 0.05) is 14.2 Å². The normalized spacial score (nSPS) is 11.5. The topological polar surface area (TPSA) is 74.4 Å². The van der Waals surface area contributed by atoms with Gasteiger partial charge in [0.1, 0.15) is 5.82 Å². The number of hydrogen-bond acceptors (Lipinski definition) is 5. The molecule has 1 aromatic heterocycles. The average molecular weight is 202 g/mol. The van der Waals surface area contributed by atoms with Crippen LogP contribution in [0.4, 0.5) is 5.82 Å². The highest BCUT2D eigenvalue weighted by molar-refractivity contribution is 7.61. The number of rotatable bonds is 3. The summed E-state index contributed by atoms with van der Waals surface area (Å²) >= 11 is 0. The first-order valence-corrected chi connectivity index (χ1v) is 5.11. The smallest absolute Gasteiger partial charge is 0.379 e. The number of nitrogen functional groups attached to an aromatic ring is 1. The number of hydrogen-bond donors (Lipinski definition) is 1. The molecule has 5 nitrogen and oxygen atoms in total. The van der Waals surface area contributed by atoms with Crippen LogP contribution in [0.15, 0.2) is 18.2 Å². The molecule has 0 aliphatic heterocycles.